The highest BCUT2D eigenvalue weighted by molar-refractivity contribution is 5.75. The average Bonchev–Trinajstić information content (AvgIpc) is 3.18. The summed E-state index contributed by atoms with van der Waals surface area (Å²) in [4.78, 5) is 23.2. The third-order valence-corrected chi connectivity index (χ3v) is 3.74. The Hall–Kier alpha value is -2.37. The number of carbonyl (C=O) groups excluding carboxylic acids is 1. The highest BCUT2D eigenvalue weighted by atomic mass is 16.1. The number of aromatic nitrogens is 3. The zero-order chi connectivity index (χ0) is 15.4. The van der Waals surface area contributed by atoms with Gasteiger partial charge in [0.1, 0.15) is 6.54 Å². The predicted octanol–water partition coefficient (Wildman–Crippen LogP) is 1.50. The molecular formula is C16H21N5O. The molecule has 3 rings (SSSR count). The summed E-state index contributed by atoms with van der Waals surface area (Å²) in [7, 11) is 0. The number of amides is 1. The van der Waals surface area contributed by atoms with Crippen molar-refractivity contribution in [2.75, 3.05) is 18.0 Å². The molecule has 116 valence electrons. The number of rotatable bonds is 5. The average molecular weight is 299 g/mol. The van der Waals surface area contributed by atoms with Crippen molar-refractivity contribution in [3.8, 4) is 0 Å². The summed E-state index contributed by atoms with van der Waals surface area (Å²) in [6.45, 7) is 4.76. The number of nitrogens with zero attached hydrogens (tertiary/aromatic N) is 4. The molecule has 1 amide bonds. The fourth-order valence-corrected chi connectivity index (χ4v) is 2.65. The summed E-state index contributed by atoms with van der Waals surface area (Å²) >= 11 is 0. The minimum atomic E-state index is -0.0183. The molecule has 1 saturated heterocycles. The summed E-state index contributed by atoms with van der Waals surface area (Å²) in [5, 5.41) is 2.91. The van der Waals surface area contributed by atoms with Crippen LogP contribution in [-0.4, -0.2) is 33.5 Å². The lowest BCUT2D eigenvalue weighted by molar-refractivity contribution is -0.121. The van der Waals surface area contributed by atoms with E-state index in [2.05, 4.69) is 20.2 Å². The molecule has 0 unspecified atom stereocenters. The van der Waals surface area contributed by atoms with Crippen molar-refractivity contribution in [2.24, 2.45) is 0 Å². The van der Waals surface area contributed by atoms with Gasteiger partial charge in [-0.05, 0) is 38.0 Å². The van der Waals surface area contributed by atoms with Crippen LogP contribution < -0.4 is 10.2 Å². The molecular weight excluding hydrogens is 278 g/mol. The molecule has 0 radical (unpaired) electrons. The van der Waals surface area contributed by atoms with Crippen LogP contribution in [0.15, 0.2) is 30.6 Å². The summed E-state index contributed by atoms with van der Waals surface area (Å²) in [6.07, 6.45) is 6.14. The maximum Gasteiger partial charge on any atom is 0.240 e. The van der Waals surface area contributed by atoms with Gasteiger partial charge in [0, 0.05) is 31.2 Å². The van der Waals surface area contributed by atoms with E-state index < -0.39 is 0 Å². The van der Waals surface area contributed by atoms with Crippen LogP contribution in [0, 0.1) is 6.92 Å². The molecule has 0 aliphatic carbocycles. The zero-order valence-electron chi connectivity index (χ0n) is 12.8. The van der Waals surface area contributed by atoms with Gasteiger partial charge in [0.2, 0.25) is 11.9 Å². The molecule has 1 N–H and O–H groups in total. The number of hydrogen-bond donors (Lipinski definition) is 1. The lowest BCUT2D eigenvalue weighted by Crippen LogP contribution is -2.28. The minimum absolute atomic E-state index is 0.0183. The van der Waals surface area contributed by atoms with E-state index >= 15 is 0 Å². The normalized spacial score (nSPS) is 14.3. The third kappa shape index (κ3) is 3.63. The lowest BCUT2D eigenvalue weighted by atomic mass is 10.3. The second kappa shape index (κ2) is 6.60. The van der Waals surface area contributed by atoms with Gasteiger partial charge in [-0.1, -0.05) is 0 Å². The van der Waals surface area contributed by atoms with Crippen molar-refractivity contribution in [1.29, 1.82) is 0 Å². The van der Waals surface area contributed by atoms with Gasteiger partial charge in [-0.2, -0.15) is 0 Å². The molecule has 0 saturated carbocycles. The minimum Gasteiger partial charge on any atom is -0.349 e. The first-order chi connectivity index (χ1) is 10.7. The first-order valence-corrected chi connectivity index (χ1v) is 7.68. The smallest absolute Gasteiger partial charge is 0.240 e. The Bertz CT molecular complexity index is 632. The van der Waals surface area contributed by atoms with E-state index in [0.717, 1.165) is 30.4 Å². The SMILES string of the molecule is Cc1cc(CNC(=O)Cn2cccc2)nc(N2CCCC2)n1. The number of carbonyl (C=O) groups is 1. The molecule has 0 bridgehead atoms. The molecule has 0 spiro atoms. The van der Waals surface area contributed by atoms with E-state index in [1.165, 1.54) is 12.8 Å². The molecule has 2 aromatic heterocycles. The van der Waals surface area contributed by atoms with Gasteiger partial charge in [0.25, 0.3) is 0 Å². The van der Waals surface area contributed by atoms with E-state index in [4.69, 9.17) is 0 Å². The van der Waals surface area contributed by atoms with Crippen molar-refractivity contribution in [3.05, 3.63) is 42.0 Å². The van der Waals surface area contributed by atoms with Gasteiger partial charge >= 0.3 is 0 Å². The van der Waals surface area contributed by atoms with Gasteiger partial charge < -0.3 is 14.8 Å². The highest BCUT2D eigenvalue weighted by Gasteiger charge is 2.16. The summed E-state index contributed by atoms with van der Waals surface area (Å²) in [6, 6.07) is 5.74. The quantitative estimate of drug-likeness (QED) is 0.909. The molecule has 22 heavy (non-hydrogen) atoms. The molecule has 0 aromatic carbocycles. The fraction of sp³-hybridized carbons (Fsp3) is 0.438. The van der Waals surface area contributed by atoms with Crippen LogP contribution in [0.2, 0.25) is 0 Å². The number of hydrogen-bond acceptors (Lipinski definition) is 4. The van der Waals surface area contributed by atoms with Crippen LogP contribution in [0.1, 0.15) is 24.2 Å². The van der Waals surface area contributed by atoms with Gasteiger partial charge in [-0.3, -0.25) is 4.79 Å². The number of anilines is 1. The molecule has 6 heteroatoms. The van der Waals surface area contributed by atoms with Crippen LogP contribution in [0.25, 0.3) is 0 Å². The Balaban J connectivity index is 1.60. The molecule has 1 aliphatic heterocycles. The molecule has 2 aromatic rings. The van der Waals surface area contributed by atoms with Crippen molar-refractivity contribution in [2.45, 2.75) is 32.9 Å². The zero-order valence-corrected chi connectivity index (χ0v) is 12.8. The van der Waals surface area contributed by atoms with Gasteiger partial charge in [-0.25, -0.2) is 9.97 Å². The Morgan fingerprint density at radius 2 is 1.95 bits per heavy atom. The number of nitrogens with one attached hydrogen (secondary N) is 1. The maximum atomic E-state index is 11.9. The summed E-state index contributed by atoms with van der Waals surface area (Å²) in [5.74, 6) is 0.766. The molecule has 3 heterocycles. The Kier molecular flexibility index (Phi) is 4.37. The van der Waals surface area contributed by atoms with E-state index in [9.17, 15) is 4.79 Å². The van der Waals surface area contributed by atoms with Gasteiger partial charge in [0.15, 0.2) is 0 Å². The van der Waals surface area contributed by atoms with E-state index in [1.54, 1.807) is 0 Å². The van der Waals surface area contributed by atoms with Crippen molar-refractivity contribution < 1.29 is 4.79 Å². The fourth-order valence-electron chi connectivity index (χ4n) is 2.65. The molecule has 1 fully saturated rings. The molecule has 1 aliphatic rings. The summed E-state index contributed by atoms with van der Waals surface area (Å²) < 4.78 is 1.84. The van der Waals surface area contributed by atoms with Gasteiger partial charge in [-0.15, -0.1) is 0 Å². The van der Waals surface area contributed by atoms with Crippen LogP contribution in [0.5, 0.6) is 0 Å². The first kappa shape index (κ1) is 14.6. The second-order valence-corrected chi connectivity index (χ2v) is 5.63. The monoisotopic (exact) mass is 299 g/mol. The Morgan fingerprint density at radius 3 is 2.68 bits per heavy atom. The number of aryl methyl sites for hydroxylation is 1. The Labute approximate surface area is 130 Å². The maximum absolute atomic E-state index is 11.9. The predicted molar refractivity (Wildman–Crippen MR) is 84.5 cm³/mol. The molecule has 0 atom stereocenters. The Morgan fingerprint density at radius 1 is 1.23 bits per heavy atom. The first-order valence-electron chi connectivity index (χ1n) is 7.68. The lowest BCUT2D eigenvalue weighted by Gasteiger charge is -2.16. The summed E-state index contributed by atoms with van der Waals surface area (Å²) in [5.41, 5.74) is 1.79. The van der Waals surface area contributed by atoms with Crippen molar-refractivity contribution >= 4 is 11.9 Å². The van der Waals surface area contributed by atoms with Crippen LogP contribution >= 0.6 is 0 Å². The van der Waals surface area contributed by atoms with Crippen molar-refractivity contribution in [1.82, 2.24) is 19.9 Å². The largest absolute Gasteiger partial charge is 0.349 e. The second-order valence-electron chi connectivity index (χ2n) is 5.63. The van der Waals surface area contributed by atoms with Crippen LogP contribution in [0.3, 0.4) is 0 Å². The standard InChI is InChI=1S/C16H21N5O/c1-13-10-14(19-16(18-13)21-8-4-5-9-21)11-17-15(22)12-20-6-2-3-7-20/h2-3,6-7,10H,4-5,8-9,11-12H2,1H3,(H,17,22). The van der Waals surface area contributed by atoms with E-state index in [1.807, 2.05) is 42.1 Å². The van der Waals surface area contributed by atoms with E-state index in [0.29, 0.717) is 13.1 Å². The third-order valence-electron chi connectivity index (χ3n) is 3.74. The molecule has 6 nitrogen and oxygen atoms in total. The van der Waals surface area contributed by atoms with Crippen LogP contribution in [-0.2, 0) is 17.9 Å². The van der Waals surface area contributed by atoms with E-state index in [-0.39, 0.29) is 5.91 Å². The van der Waals surface area contributed by atoms with Gasteiger partial charge in [0.05, 0.1) is 12.2 Å². The van der Waals surface area contributed by atoms with Crippen molar-refractivity contribution in [3.63, 3.8) is 0 Å². The topological polar surface area (TPSA) is 63.1 Å². The highest BCUT2D eigenvalue weighted by Crippen LogP contribution is 2.16. The van der Waals surface area contributed by atoms with Crippen LogP contribution in [0.4, 0.5) is 5.95 Å².